The first-order valence-corrected chi connectivity index (χ1v) is 9.80. The van der Waals surface area contributed by atoms with Crippen LogP contribution in [0.1, 0.15) is 32.8 Å². The van der Waals surface area contributed by atoms with Crippen molar-refractivity contribution in [3.8, 4) is 0 Å². The molecule has 0 aromatic heterocycles. The molecule has 1 rings (SSSR count). The summed E-state index contributed by atoms with van der Waals surface area (Å²) in [5, 5.41) is 16.5. The van der Waals surface area contributed by atoms with Crippen molar-refractivity contribution >= 4 is 34.5 Å². The van der Waals surface area contributed by atoms with Gasteiger partial charge in [-0.05, 0) is 71.5 Å². The molecule has 2 N–H and O–H groups in total. The molecule has 0 fully saturated rings. The summed E-state index contributed by atoms with van der Waals surface area (Å²) in [6.07, 6.45) is -1.01. The van der Waals surface area contributed by atoms with Crippen LogP contribution in [0.25, 0.3) is 10.4 Å². The Bertz CT molecular complexity index is 674. The number of esters is 1. The first-order chi connectivity index (χ1) is 12.8. The lowest BCUT2D eigenvalue weighted by atomic mass is 10.00. The molecule has 0 aliphatic rings. The van der Waals surface area contributed by atoms with Crippen molar-refractivity contribution in [1.29, 1.82) is 0 Å². The lowest BCUT2D eigenvalue weighted by molar-refractivity contribution is -0.149. The fourth-order valence-corrected chi connectivity index (χ4v) is 2.86. The Morgan fingerprint density at radius 3 is 2.48 bits per heavy atom. The summed E-state index contributed by atoms with van der Waals surface area (Å²) in [5.74, 6) is -1.18. The van der Waals surface area contributed by atoms with E-state index in [9.17, 15) is 14.7 Å². The highest BCUT2D eigenvalue weighted by Gasteiger charge is 2.30. The maximum Gasteiger partial charge on any atom is 0.328 e. The van der Waals surface area contributed by atoms with E-state index in [0.717, 1.165) is 9.13 Å². The van der Waals surface area contributed by atoms with Crippen LogP contribution in [0.4, 0.5) is 0 Å². The van der Waals surface area contributed by atoms with Gasteiger partial charge >= 0.3 is 5.97 Å². The predicted octanol–water partition coefficient (Wildman–Crippen LogP) is 2.97. The van der Waals surface area contributed by atoms with Crippen LogP contribution in [0.3, 0.4) is 0 Å². The van der Waals surface area contributed by atoms with E-state index < -0.39 is 30.1 Å². The highest BCUT2D eigenvalue weighted by atomic mass is 127. The van der Waals surface area contributed by atoms with Crippen LogP contribution in [-0.4, -0.2) is 41.8 Å². The van der Waals surface area contributed by atoms with Crippen molar-refractivity contribution in [3.05, 3.63) is 43.8 Å². The molecule has 0 radical (unpaired) electrons. The van der Waals surface area contributed by atoms with Gasteiger partial charge in [0.25, 0.3) is 0 Å². The van der Waals surface area contributed by atoms with Crippen LogP contribution in [-0.2, 0) is 20.7 Å². The highest BCUT2D eigenvalue weighted by Crippen LogP contribution is 2.14. The smallest absolute Gasteiger partial charge is 0.328 e. The molecule has 0 spiro atoms. The van der Waals surface area contributed by atoms with Gasteiger partial charge in [0.2, 0.25) is 5.91 Å². The second kappa shape index (κ2) is 11.8. The van der Waals surface area contributed by atoms with Gasteiger partial charge in [0.1, 0.15) is 12.1 Å². The molecule has 0 heterocycles. The van der Waals surface area contributed by atoms with Crippen molar-refractivity contribution in [1.82, 2.24) is 5.32 Å². The summed E-state index contributed by atoms with van der Waals surface area (Å²) in [6.45, 7) is 5.70. The average Bonchev–Trinajstić information content (AvgIpc) is 2.61. The summed E-state index contributed by atoms with van der Waals surface area (Å²) < 4.78 is 6.02. The lowest BCUT2D eigenvalue weighted by Gasteiger charge is -2.23. The summed E-state index contributed by atoms with van der Waals surface area (Å²) in [7, 11) is 0. The number of azide groups is 1. The zero-order valence-corrected chi connectivity index (χ0v) is 17.8. The van der Waals surface area contributed by atoms with E-state index in [4.69, 9.17) is 10.3 Å². The van der Waals surface area contributed by atoms with E-state index >= 15 is 0 Å². The number of carbonyl (C=O) groups is 2. The summed E-state index contributed by atoms with van der Waals surface area (Å²) >= 11 is 2.17. The number of aliphatic hydroxyl groups excluding tert-OH is 1. The number of nitrogens with one attached hydrogen (secondary N) is 1. The minimum Gasteiger partial charge on any atom is -0.464 e. The van der Waals surface area contributed by atoms with E-state index in [0.29, 0.717) is 6.42 Å². The first kappa shape index (κ1) is 23.2. The maximum atomic E-state index is 12.5. The van der Waals surface area contributed by atoms with Gasteiger partial charge in [0.15, 0.2) is 0 Å². The second-order valence-electron chi connectivity index (χ2n) is 6.49. The molecule has 0 bridgehead atoms. The number of rotatable bonds is 10. The number of benzene rings is 1. The number of ether oxygens (including phenoxy) is 1. The number of hydrogen-bond donors (Lipinski definition) is 2. The number of aliphatic hydroxyl groups is 1. The third-order valence-electron chi connectivity index (χ3n) is 3.79. The molecule has 8 nitrogen and oxygen atoms in total. The molecule has 3 atom stereocenters. The summed E-state index contributed by atoms with van der Waals surface area (Å²) in [4.78, 5) is 27.2. The number of hydrogen-bond acceptors (Lipinski definition) is 5. The Morgan fingerprint density at radius 1 is 1.33 bits per heavy atom. The van der Waals surface area contributed by atoms with Crippen LogP contribution in [0.2, 0.25) is 0 Å². The fourth-order valence-electron chi connectivity index (χ4n) is 2.50. The van der Waals surface area contributed by atoms with Crippen molar-refractivity contribution in [3.63, 3.8) is 0 Å². The molecule has 0 saturated carbocycles. The number of nitrogens with zero attached hydrogens (tertiary/aromatic N) is 3. The van der Waals surface area contributed by atoms with Gasteiger partial charge in [-0.1, -0.05) is 31.1 Å². The maximum absolute atomic E-state index is 12.5. The third-order valence-corrected chi connectivity index (χ3v) is 4.51. The molecular formula is C18H25IN4O4. The molecule has 1 aromatic carbocycles. The highest BCUT2D eigenvalue weighted by molar-refractivity contribution is 14.1. The zero-order valence-electron chi connectivity index (χ0n) is 15.6. The molecule has 1 aromatic rings. The van der Waals surface area contributed by atoms with Gasteiger partial charge in [-0.3, -0.25) is 4.79 Å². The topological polar surface area (TPSA) is 124 Å². The van der Waals surface area contributed by atoms with E-state index in [1.165, 1.54) is 0 Å². The monoisotopic (exact) mass is 488 g/mol. The van der Waals surface area contributed by atoms with Crippen LogP contribution in [0.5, 0.6) is 0 Å². The predicted molar refractivity (Wildman–Crippen MR) is 110 cm³/mol. The third kappa shape index (κ3) is 8.15. The quantitative estimate of drug-likeness (QED) is 0.173. The van der Waals surface area contributed by atoms with Crippen molar-refractivity contribution < 1.29 is 19.4 Å². The number of halogens is 1. The average molecular weight is 488 g/mol. The minimum absolute atomic E-state index is 0.136. The van der Waals surface area contributed by atoms with Gasteiger partial charge in [-0.15, -0.1) is 0 Å². The molecule has 148 valence electrons. The number of carbonyl (C=O) groups excluding carboxylic acids is 2. The minimum atomic E-state index is -1.58. The first-order valence-electron chi connectivity index (χ1n) is 8.72. The van der Waals surface area contributed by atoms with E-state index in [2.05, 4.69) is 37.9 Å². The Kier molecular flexibility index (Phi) is 10.1. The van der Waals surface area contributed by atoms with Crippen LogP contribution in [0, 0.1) is 9.49 Å². The van der Waals surface area contributed by atoms with Gasteiger partial charge in [0, 0.05) is 8.48 Å². The molecular weight excluding hydrogens is 463 g/mol. The normalized spacial score (nSPS) is 14.0. The van der Waals surface area contributed by atoms with Crippen molar-refractivity contribution in [2.24, 2.45) is 11.0 Å². The molecule has 9 heteroatoms. The largest absolute Gasteiger partial charge is 0.464 e. The Labute approximate surface area is 172 Å². The van der Waals surface area contributed by atoms with E-state index in [1.807, 2.05) is 38.1 Å². The SMILES string of the molecule is CCOC(=O)C(CC(C)C)NC(=O)[C@@H](O)[C@@H](Cc1ccc(I)cc1)N=[N+]=[N-]. The number of amides is 1. The molecule has 1 amide bonds. The van der Waals surface area contributed by atoms with Crippen LogP contribution >= 0.6 is 22.6 Å². The molecule has 0 aliphatic heterocycles. The summed E-state index contributed by atoms with van der Waals surface area (Å²) in [5.41, 5.74) is 9.61. The summed E-state index contributed by atoms with van der Waals surface area (Å²) in [6, 6.07) is 5.59. The van der Waals surface area contributed by atoms with Crippen molar-refractivity contribution in [2.75, 3.05) is 6.61 Å². The van der Waals surface area contributed by atoms with Crippen LogP contribution < -0.4 is 5.32 Å². The van der Waals surface area contributed by atoms with E-state index in [-0.39, 0.29) is 18.9 Å². The standard InChI is InChI=1S/C18H25IN4O4/c1-4-27-18(26)15(9-11(2)3)21-17(25)16(24)14(22-23-20)10-12-5-7-13(19)8-6-12/h5-8,11,14-16,24H,4,9-10H2,1-3H3,(H,21,25)/t14-,15?,16+/m1/s1. The molecule has 0 aliphatic carbocycles. The van der Waals surface area contributed by atoms with Crippen molar-refractivity contribution in [2.45, 2.75) is 51.8 Å². The second-order valence-corrected chi connectivity index (χ2v) is 7.74. The molecule has 1 unspecified atom stereocenters. The van der Waals surface area contributed by atoms with Gasteiger partial charge in [-0.2, -0.15) is 0 Å². The molecule has 0 saturated heterocycles. The Balaban J connectivity index is 2.87. The Morgan fingerprint density at radius 2 is 1.96 bits per heavy atom. The van der Waals surface area contributed by atoms with Gasteiger partial charge < -0.3 is 15.2 Å². The zero-order chi connectivity index (χ0) is 20.4. The van der Waals surface area contributed by atoms with E-state index in [1.54, 1.807) is 6.92 Å². The van der Waals surface area contributed by atoms with Crippen LogP contribution in [0.15, 0.2) is 29.4 Å². The lowest BCUT2D eigenvalue weighted by Crippen LogP contribution is -2.50. The fraction of sp³-hybridized carbons (Fsp3) is 0.556. The molecule has 27 heavy (non-hydrogen) atoms. The Hall–Kier alpha value is -1.84. The van der Waals surface area contributed by atoms with Gasteiger partial charge in [0.05, 0.1) is 12.6 Å². The van der Waals surface area contributed by atoms with Gasteiger partial charge in [-0.25, -0.2) is 4.79 Å².